The zero-order valence-corrected chi connectivity index (χ0v) is 12.6. The maximum Gasteiger partial charge on any atom is 0.303 e. The van der Waals surface area contributed by atoms with Gasteiger partial charge in [0.1, 0.15) is 5.82 Å². The fraction of sp³-hybridized carbons (Fsp3) is 0.400. The van der Waals surface area contributed by atoms with Gasteiger partial charge in [-0.15, -0.1) is 0 Å². The topological polar surface area (TPSA) is 70.9 Å². The Morgan fingerprint density at radius 3 is 2.77 bits per heavy atom. The van der Waals surface area contributed by atoms with Gasteiger partial charge >= 0.3 is 5.91 Å². The molecule has 0 aromatic heterocycles. The molecule has 22 heavy (non-hydrogen) atoms. The molecule has 0 saturated heterocycles. The van der Waals surface area contributed by atoms with E-state index in [0.717, 1.165) is 17.4 Å². The van der Waals surface area contributed by atoms with Crippen LogP contribution in [0.1, 0.15) is 23.7 Å². The van der Waals surface area contributed by atoms with Crippen LogP contribution in [0.3, 0.4) is 0 Å². The molecule has 2 N–H and O–H groups in total. The number of likely N-dealkylation sites (N-methyl/N-ethyl adjacent to an activating group) is 1. The van der Waals surface area contributed by atoms with E-state index in [1.807, 2.05) is 6.92 Å². The van der Waals surface area contributed by atoms with E-state index >= 15 is 0 Å². The number of anilines is 1. The van der Waals surface area contributed by atoms with E-state index in [2.05, 4.69) is 5.32 Å². The third kappa shape index (κ3) is 3.30. The highest BCUT2D eigenvalue weighted by Crippen LogP contribution is 2.28. The summed E-state index contributed by atoms with van der Waals surface area (Å²) in [5, 5.41) is 2.76. The average molecular weight is 308 g/mol. The molecule has 1 aliphatic heterocycles. The Balaban J connectivity index is 2.06. The lowest BCUT2D eigenvalue weighted by molar-refractivity contribution is -0.869. The first-order valence-electron chi connectivity index (χ1n) is 7.17. The molecule has 1 atom stereocenters. The summed E-state index contributed by atoms with van der Waals surface area (Å²) in [4.78, 5) is 37.6. The number of halogens is 1. The van der Waals surface area contributed by atoms with Crippen LogP contribution >= 0.6 is 0 Å². The summed E-state index contributed by atoms with van der Waals surface area (Å²) < 4.78 is 13.2. The number of nitrogens with one attached hydrogen (secondary N) is 2. The van der Waals surface area contributed by atoms with Crippen molar-refractivity contribution in [3.63, 3.8) is 0 Å². The van der Waals surface area contributed by atoms with Crippen molar-refractivity contribution < 1.29 is 23.7 Å². The first kappa shape index (κ1) is 16.1. The van der Waals surface area contributed by atoms with Crippen molar-refractivity contribution in [1.82, 2.24) is 5.32 Å². The Morgan fingerprint density at radius 2 is 2.09 bits per heavy atom. The van der Waals surface area contributed by atoms with Crippen molar-refractivity contribution in [3.05, 3.63) is 29.6 Å². The molecule has 2 amide bonds. The van der Waals surface area contributed by atoms with Gasteiger partial charge in [0, 0.05) is 6.54 Å². The van der Waals surface area contributed by atoms with Crippen molar-refractivity contribution >= 4 is 23.3 Å². The summed E-state index contributed by atoms with van der Waals surface area (Å²) in [6.07, 6.45) is 0.850. The van der Waals surface area contributed by atoms with E-state index in [-0.39, 0.29) is 24.7 Å². The summed E-state index contributed by atoms with van der Waals surface area (Å²) in [6, 6.07) is 3.69. The van der Waals surface area contributed by atoms with Crippen LogP contribution in [0.4, 0.5) is 10.1 Å². The number of hydrogen-bond acceptors (Lipinski definition) is 3. The number of amides is 2. The molecule has 6 nitrogen and oxygen atoms in total. The average Bonchev–Trinajstić information content (AvgIpc) is 2.70. The van der Waals surface area contributed by atoms with Crippen LogP contribution in [-0.2, 0) is 9.59 Å². The lowest BCUT2D eigenvalue weighted by Gasteiger charge is -2.21. The summed E-state index contributed by atoms with van der Waals surface area (Å²) in [7, 11) is 1.75. The third-order valence-corrected chi connectivity index (χ3v) is 3.40. The second-order valence-electron chi connectivity index (χ2n) is 5.37. The van der Waals surface area contributed by atoms with Gasteiger partial charge in [0.25, 0.3) is 11.7 Å². The van der Waals surface area contributed by atoms with Crippen molar-refractivity contribution in [2.75, 3.05) is 31.7 Å². The van der Waals surface area contributed by atoms with Crippen molar-refractivity contribution in [2.45, 2.75) is 13.3 Å². The lowest BCUT2D eigenvalue weighted by Crippen LogP contribution is -3.12. The Bertz CT molecular complexity index is 618. The molecule has 1 aromatic carbocycles. The van der Waals surface area contributed by atoms with Gasteiger partial charge in [0.15, 0.2) is 13.2 Å². The van der Waals surface area contributed by atoms with Gasteiger partial charge < -0.3 is 10.2 Å². The normalized spacial score (nSPS) is 15.0. The highest BCUT2D eigenvalue weighted by atomic mass is 19.1. The van der Waals surface area contributed by atoms with Crippen LogP contribution in [-0.4, -0.2) is 44.4 Å². The molecule has 1 unspecified atom stereocenters. The summed E-state index contributed by atoms with van der Waals surface area (Å²) in [6.45, 7) is 2.92. The Kier molecular flexibility index (Phi) is 4.87. The molecular formula is C15H19FN3O3+. The molecule has 0 bridgehead atoms. The number of carbonyl (C=O) groups is 3. The van der Waals surface area contributed by atoms with Crippen LogP contribution in [0.2, 0.25) is 0 Å². The summed E-state index contributed by atoms with van der Waals surface area (Å²) in [5.74, 6) is -2.07. The molecule has 7 heteroatoms. The van der Waals surface area contributed by atoms with Crippen molar-refractivity contribution in [2.24, 2.45) is 0 Å². The SMILES string of the molecule is CCCNC(=O)C[NH+](C)CN1C(=O)C(=O)c2cc(F)ccc21. The maximum absolute atomic E-state index is 13.2. The Labute approximate surface area is 127 Å². The van der Waals surface area contributed by atoms with E-state index in [1.165, 1.54) is 17.0 Å². The number of fused-ring (bicyclic) bond motifs is 1. The van der Waals surface area contributed by atoms with Gasteiger partial charge in [-0.1, -0.05) is 6.92 Å². The smallest absolute Gasteiger partial charge is 0.303 e. The summed E-state index contributed by atoms with van der Waals surface area (Å²) in [5.41, 5.74) is 0.470. The highest BCUT2D eigenvalue weighted by Gasteiger charge is 2.37. The zero-order chi connectivity index (χ0) is 16.3. The standard InChI is InChI=1S/C15H18FN3O3/c1-3-6-17-13(20)8-18(2)9-19-12-5-4-10(16)7-11(12)14(21)15(19)22/h4-5,7H,3,6,8-9H2,1-2H3,(H,17,20)/p+1. The first-order valence-corrected chi connectivity index (χ1v) is 7.17. The third-order valence-electron chi connectivity index (χ3n) is 3.40. The predicted molar refractivity (Wildman–Crippen MR) is 78.1 cm³/mol. The van der Waals surface area contributed by atoms with Crippen LogP contribution in [0.5, 0.6) is 0 Å². The van der Waals surface area contributed by atoms with Gasteiger partial charge in [-0.2, -0.15) is 0 Å². The van der Waals surface area contributed by atoms with Crippen molar-refractivity contribution in [1.29, 1.82) is 0 Å². The van der Waals surface area contributed by atoms with Crippen LogP contribution < -0.4 is 15.1 Å². The van der Waals surface area contributed by atoms with E-state index in [9.17, 15) is 18.8 Å². The molecule has 1 heterocycles. The molecule has 1 aliphatic rings. The van der Waals surface area contributed by atoms with Gasteiger partial charge in [-0.25, -0.2) is 4.39 Å². The number of Topliss-reactive ketones (excluding diaryl/α,β-unsaturated/α-hetero) is 1. The van der Waals surface area contributed by atoms with Crippen LogP contribution in [0.25, 0.3) is 0 Å². The lowest BCUT2D eigenvalue weighted by atomic mass is 10.1. The van der Waals surface area contributed by atoms with Crippen LogP contribution in [0.15, 0.2) is 18.2 Å². The number of hydrogen-bond donors (Lipinski definition) is 2. The zero-order valence-electron chi connectivity index (χ0n) is 12.6. The number of benzene rings is 1. The van der Waals surface area contributed by atoms with E-state index in [0.29, 0.717) is 12.2 Å². The number of quaternary nitrogens is 1. The fourth-order valence-electron chi connectivity index (χ4n) is 2.36. The number of ketones is 1. The minimum atomic E-state index is -0.710. The minimum absolute atomic E-state index is 0.0771. The van der Waals surface area contributed by atoms with Gasteiger partial charge in [0.05, 0.1) is 18.3 Å². The van der Waals surface area contributed by atoms with Gasteiger partial charge in [0.2, 0.25) is 0 Å². The van der Waals surface area contributed by atoms with Gasteiger partial charge in [-0.3, -0.25) is 19.3 Å². The maximum atomic E-state index is 13.2. The Hall–Kier alpha value is -2.28. The molecule has 0 fully saturated rings. The molecule has 0 aliphatic carbocycles. The number of carbonyl (C=O) groups excluding carboxylic acids is 3. The van der Waals surface area contributed by atoms with E-state index in [4.69, 9.17) is 0 Å². The minimum Gasteiger partial charge on any atom is -0.351 e. The highest BCUT2D eigenvalue weighted by molar-refractivity contribution is 6.52. The van der Waals surface area contributed by atoms with Crippen molar-refractivity contribution in [3.8, 4) is 0 Å². The monoisotopic (exact) mass is 308 g/mol. The Morgan fingerprint density at radius 1 is 1.36 bits per heavy atom. The predicted octanol–water partition coefficient (Wildman–Crippen LogP) is -0.647. The molecule has 118 valence electrons. The molecule has 0 spiro atoms. The molecule has 2 rings (SSSR count). The quantitative estimate of drug-likeness (QED) is 0.686. The molecule has 0 saturated carbocycles. The number of nitrogens with zero attached hydrogens (tertiary/aromatic N) is 1. The fourth-order valence-corrected chi connectivity index (χ4v) is 2.36. The van der Waals surface area contributed by atoms with E-state index in [1.54, 1.807) is 7.05 Å². The molecule has 1 aromatic rings. The van der Waals surface area contributed by atoms with E-state index < -0.39 is 17.5 Å². The second kappa shape index (κ2) is 6.65. The first-order chi connectivity index (χ1) is 10.4. The van der Waals surface area contributed by atoms with Crippen LogP contribution in [0, 0.1) is 5.82 Å². The molecular weight excluding hydrogens is 289 g/mol. The number of rotatable bonds is 6. The molecule has 0 radical (unpaired) electrons. The second-order valence-corrected chi connectivity index (χ2v) is 5.37. The van der Waals surface area contributed by atoms with Gasteiger partial charge in [-0.05, 0) is 24.6 Å². The largest absolute Gasteiger partial charge is 0.351 e. The summed E-state index contributed by atoms with van der Waals surface area (Å²) >= 11 is 0.